The van der Waals surface area contributed by atoms with Crippen molar-refractivity contribution in [3.05, 3.63) is 34.5 Å². The predicted octanol–water partition coefficient (Wildman–Crippen LogP) is 2.77. The van der Waals surface area contributed by atoms with Gasteiger partial charge in [0.05, 0.1) is 23.5 Å². The molecular formula is C13H16ClN3O. The number of halogens is 1. The molecule has 5 heteroatoms. The molecule has 0 unspecified atom stereocenters. The number of nitrogens with one attached hydrogen (secondary N) is 2. The van der Waals surface area contributed by atoms with Crippen molar-refractivity contribution in [2.75, 3.05) is 14.2 Å². The topological polar surface area (TPSA) is 49.9 Å². The molecule has 0 atom stereocenters. The van der Waals surface area contributed by atoms with Gasteiger partial charge in [0, 0.05) is 12.1 Å². The molecule has 0 bridgehead atoms. The van der Waals surface area contributed by atoms with Gasteiger partial charge in [-0.3, -0.25) is 5.10 Å². The lowest BCUT2D eigenvalue weighted by atomic mass is 10.1. The van der Waals surface area contributed by atoms with E-state index in [1.165, 1.54) is 0 Å². The summed E-state index contributed by atoms with van der Waals surface area (Å²) in [5.74, 6) is 0.670. The molecule has 0 aliphatic rings. The van der Waals surface area contributed by atoms with Crippen molar-refractivity contribution in [2.24, 2.45) is 0 Å². The Hall–Kier alpha value is -1.52. The van der Waals surface area contributed by atoms with Crippen LogP contribution in [0.1, 0.15) is 11.3 Å². The first-order valence-corrected chi connectivity index (χ1v) is 6.07. The zero-order chi connectivity index (χ0) is 13.1. The van der Waals surface area contributed by atoms with E-state index in [1.54, 1.807) is 7.11 Å². The first-order chi connectivity index (χ1) is 8.67. The zero-order valence-corrected chi connectivity index (χ0v) is 11.4. The third-order valence-corrected chi connectivity index (χ3v) is 3.18. The third-order valence-electron chi connectivity index (χ3n) is 2.89. The van der Waals surface area contributed by atoms with Gasteiger partial charge in [-0.25, -0.2) is 0 Å². The molecule has 2 aromatic rings. The van der Waals surface area contributed by atoms with E-state index < -0.39 is 0 Å². The van der Waals surface area contributed by atoms with Crippen molar-refractivity contribution in [1.82, 2.24) is 15.5 Å². The molecule has 0 aliphatic carbocycles. The minimum Gasteiger partial charge on any atom is -0.495 e. The zero-order valence-electron chi connectivity index (χ0n) is 10.7. The fraction of sp³-hybridized carbons (Fsp3) is 0.308. The molecule has 0 radical (unpaired) electrons. The molecule has 1 heterocycles. The third kappa shape index (κ3) is 2.35. The summed E-state index contributed by atoms with van der Waals surface area (Å²) >= 11 is 6.12. The van der Waals surface area contributed by atoms with Gasteiger partial charge in [-0.15, -0.1) is 0 Å². The summed E-state index contributed by atoms with van der Waals surface area (Å²) in [4.78, 5) is 0. The molecule has 0 fully saturated rings. The number of aromatic amines is 1. The lowest BCUT2D eigenvalue weighted by molar-refractivity contribution is 0.415. The second-order valence-corrected chi connectivity index (χ2v) is 4.46. The highest BCUT2D eigenvalue weighted by Crippen LogP contribution is 2.31. The van der Waals surface area contributed by atoms with Crippen LogP contribution in [0.15, 0.2) is 18.2 Å². The van der Waals surface area contributed by atoms with Gasteiger partial charge in [0.25, 0.3) is 0 Å². The smallest absolute Gasteiger partial charge is 0.137 e. The maximum absolute atomic E-state index is 6.12. The number of nitrogens with zero attached hydrogens (tertiary/aromatic N) is 1. The van der Waals surface area contributed by atoms with Crippen LogP contribution in [0.3, 0.4) is 0 Å². The summed E-state index contributed by atoms with van der Waals surface area (Å²) in [6, 6.07) is 5.67. The Morgan fingerprint density at radius 3 is 2.83 bits per heavy atom. The van der Waals surface area contributed by atoms with Crippen molar-refractivity contribution >= 4 is 11.6 Å². The minimum atomic E-state index is 0.590. The average molecular weight is 266 g/mol. The van der Waals surface area contributed by atoms with Gasteiger partial charge in [0.1, 0.15) is 5.75 Å². The summed E-state index contributed by atoms with van der Waals surface area (Å²) in [5, 5.41) is 11.1. The Kier molecular flexibility index (Phi) is 3.89. The largest absolute Gasteiger partial charge is 0.495 e. The van der Waals surface area contributed by atoms with Crippen molar-refractivity contribution in [1.29, 1.82) is 0 Å². The molecule has 0 saturated carbocycles. The van der Waals surface area contributed by atoms with Gasteiger partial charge < -0.3 is 10.1 Å². The molecule has 18 heavy (non-hydrogen) atoms. The number of H-pyrrole nitrogens is 1. The maximum Gasteiger partial charge on any atom is 0.137 e. The number of aromatic nitrogens is 2. The molecule has 1 aromatic carbocycles. The first kappa shape index (κ1) is 12.9. The first-order valence-electron chi connectivity index (χ1n) is 5.69. The molecule has 0 spiro atoms. The van der Waals surface area contributed by atoms with Crippen LogP contribution in [-0.4, -0.2) is 24.4 Å². The molecule has 2 N–H and O–H groups in total. The highest BCUT2D eigenvalue weighted by molar-refractivity contribution is 6.32. The molecule has 0 saturated heterocycles. The lowest BCUT2D eigenvalue weighted by Crippen LogP contribution is -2.06. The summed E-state index contributed by atoms with van der Waals surface area (Å²) in [5.41, 5.74) is 4.12. The molecular weight excluding hydrogens is 250 g/mol. The normalized spacial score (nSPS) is 10.7. The molecule has 1 aromatic heterocycles. The minimum absolute atomic E-state index is 0.590. The summed E-state index contributed by atoms with van der Waals surface area (Å²) in [6.07, 6.45) is 0. The van der Waals surface area contributed by atoms with Crippen LogP contribution in [0.4, 0.5) is 0 Å². The van der Waals surface area contributed by atoms with Gasteiger partial charge in [-0.05, 0) is 37.7 Å². The van der Waals surface area contributed by atoms with E-state index in [9.17, 15) is 0 Å². The molecule has 4 nitrogen and oxygen atoms in total. The number of hydrogen-bond acceptors (Lipinski definition) is 3. The number of methoxy groups -OCH3 is 1. The van der Waals surface area contributed by atoms with E-state index in [0.29, 0.717) is 10.8 Å². The van der Waals surface area contributed by atoms with E-state index in [0.717, 1.165) is 29.1 Å². The van der Waals surface area contributed by atoms with Crippen molar-refractivity contribution in [2.45, 2.75) is 13.5 Å². The average Bonchev–Trinajstić information content (AvgIpc) is 2.72. The standard InChI is InChI=1S/C13H16ClN3O/c1-8-11(7-15-2)16-17-13(8)9-4-5-12(18-3)10(14)6-9/h4-6,15H,7H2,1-3H3,(H,16,17). The van der Waals surface area contributed by atoms with E-state index in [-0.39, 0.29) is 0 Å². The van der Waals surface area contributed by atoms with Crippen LogP contribution in [0.5, 0.6) is 5.75 Å². The number of benzene rings is 1. The highest BCUT2D eigenvalue weighted by atomic mass is 35.5. The molecule has 2 rings (SSSR count). The monoisotopic (exact) mass is 265 g/mol. The Labute approximate surface area is 111 Å². The van der Waals surface area contributed by atoms with E-state index >= 15 is 0 Å². The number of rotatable bonds is 4. The maximum atomic E-state index is 6.12. The predicted molar refractivity (Wildman–Crippen MR) is 73.1 cm³/mol. The van der Waals surface area contributed by atoms with Crippen molar-refractivity contribution in [3.63, 3.8) is 0 Å². The van der Waals surface area contributed by atoms with Gasteiger partial charge in [0.15, 0.2) is 0 Å². The van der Waals surface area contributed by atoms with Crippen LogP contribution in [-0.2, 0) is 6.54 Å². The number of hydrogen-bond donors (Lipinski definition) is 2. The van der Waals surface area contributed by atoms with E-state index in [4.69, 9.17) is 16.3 Å². The van der Waals surface area contributed by atoms with E-state index in [1.807, 2.05) is 32.2 Å². The van der Waals surface area contributed by atoms with Gasteiger partial charge >= 0.3 is 0 Å². The Balaban J connectivity index is 2.39. The van der Waals surface area contributed by atoms with Crippen LogP contribution in [0, 0.1) is 6.92 Å². The van der Waals surface area contributed by atoms with Crippen molar-refractivity contribution < 1.29 is 4.74 Å². The second kappa shape index (κ2) is 5.42. The Morgan fingerprint density at radius 2 is 2.22 bits per heavy atom. The summed E-state index contributed by atoms with van der Waals surface area (Å²) in [6.45, 7) is 2.81. The van der Waals surface area contributed by atoms with E-state index in [2.05, 4.69) is 15.5 Å². The van der Waals surface area contributed by atoms with Crippen molar-refractivity contribution in [3.8, 4) is 17.0 Å². The van der Waals surface area contributed by atoms with Crippen LogP contribution >= 0.6 is 11.6 Å². The fourth-order valence-electron chi connectivity index (χ4n) is 1.88. The molecule has 0 aliphatic heterocycles. The second-order valence-electron chi connectivity index (χ2n) is 4.06. The Morgan fingerprint density at radius 1 is 1.44 bits per heavy atom. The van der Waals surface area contributed by atoms with Crippen LogP contribution < -0.4 is 10.1 Å². The van der Waals surface area contributed by atoms with Crippen LogP contribution in [0.2, 0.25) is 5.02 Å². The Bertz CT molecular complexity index is 551. The van der Waals surface area contributed by atoms with Gasteiger partial charge in [-0.1, -0.05) is 11.6 Å². The lowest BCUT2D eigenvalue weighted by Gasteiger charge is -2.05. The SMILES string of the molecule is CNCc1[nH]nc(-c2ccc(OC)c(Cl)c2)c1C. The quantitative estimate of drug-likeness (QED) is 0.894. The summed E-state index contributed by atoms with van der Waals surface area (Å²) < 4.78 is 5.14. The summed E-state index contributed by atoms with van der Waals surface area (Å²) in [7, 11) is 3.51. The van der Waals surface area contributed by atoms with Gasteiger partial charge in [0.2, 0.25) is 0 Å². The fourth-order valence-corrected chi connectivity index (χ4v) is 2.14. The van der Waals surface area contributed by atoms with Crippen LogP contribution in [0.25, 0.3) is 11.3 Å². The van der Waals surface area contributed by atoms with Gasteiger partial charge in [-0.2, -0.15) is 5.10 Å². The molecule has 96 valence electrons. The highest BCUT2D eigenvalue weighted by Gasteiger charge is 2.12. The molecule has 0 amide bonds. The number of ether oxygens (including phenoxy) is 1.